The van der Waals surface area contributed by atoms with Crippen LogP contribution in [-0.4, -0.2) is 12.1 Å². The number of oxazole rings is 1. The zero-order valence-corrected chi connectivity index (χ0v) is 11.0. The molecule has 0 radical (unpaired) electrons. The number of rotatable bonds is 4. The average molecular weight is 260 g/mol. The third-order valence-corrected chi connectivity index (χ3v) is 3.25. The summed E-state index contributed by atoms with van der Waals surface area (Å²) in [6.45, 7) is 1.88. The minimum absolute atomic E-state index is 0.620. The van der Waals surface area contributed by atoms with Crippen molar-refractivity contribution in [2.45, 2.75) is 17.9 Å². The molecule has 0 bridgehead atoms. The van der Waals surface area contributed by atoms with Crippen LogP contribution < -0.4 is 4.74 Å². The van der Waals surface area contributed by atoms with Gasteiger partial charge < -0.3 is 9.15 Å². The molecule has 0 atom stereocenters. The zero-order valence-electron chi connectivity index (χ0n) is 10.1. The number of benzene rings is 1. The highest BCUT2D eigenvalue weighted by atomic mass is 32.2. The summed E-state index contributed by atoms with van der Waals surface area (Å²) in [6.07, 6.45) is 1.62. The van der Waals surface area contributed by atoms with Crippen LogP contribution in [0.25, 0.3) is 0 Å². The molecule has 5 heteroatoms. The lowest BCUT2D eigenvalue weighted by atomic mass is 10.1. The van der Waals surface area contributed by atoms with Crippen LogP contribution in [0.5, 0.6) is 5.75 Å². The van der Waals surface area contributed by atoms with Crippen molar-refractivity contribution >= 4 is 11.8 Å². The predicted molar refractivity (Wildman–Crippen MR) is 68.5 cm³/mol. The van der Waals surface area contributed by atoms with E-state index in [1.165, 1.54) is 11.8 Å². The number of aromatic nitrogens is 1. The number of nitriles is 1. The van der Waals surface area contributed by atoms with Crippen LogP contribution in [0.3, 0.4) is 0 Å². The Balaban J connectivity index is 2.15. The topological polar surface area (TPSA) is 59.0 Å². The fourth-order valence-electron chi connectivity index (χ4n) is 1.50. The molecule has 18 heavy (non-hydrogen) atoms. The number of methoxy groups -OCH3 is 1. The molecular weight excluding hydrogens is 248 g/mol. The smallest absolute Gasteiger partial charge is 0.256 e. The van der Waals surface area contributed by atoms with Crippen molar-refractivity contribution in [2.75, 3.05) is 7.11 Å². The Labute approximate surface area is 110 Å². The number of hydrogen-bond acceptors (Lipinski definition) is 5. The lowest BCUT2D eigenvalue weighted by Gasteiger charge is -2.07. The third kappa shape index (κ3) is 2.84. The minimum atomic E-state index is 0.620. The van der Waals surface area contributed by atoms with Gasteiger partial charge in [0.25, 0.3) is 5.22 Å². The van der Waals surface area contributed by atoms with Gasteiger partial charge in [0.05, 0.1) is 24.4 Å². The molecule has 92 valence electrons. The maximum atomic E-state index is 8.89. The van der Waals surface area contributed by atoms with E-state index in [4.69, 9.17) is 14.4 Å². The zero-order chi connectivity index (χ0) is 13.0. The first-order chi connectivity index (χ1) is 8.72. The van der Waals surface area contributed by atoms with E-state index in [-0.39, 0.29) is 0 Å². The lowest BCUT2D eigenvalue weighted by Crippen LogP contribution is -1.91. The van der Waals surface area contributed by atoms with Crippen LogP contribution in [0.1, 0.15) is 16.8 Å². The van der Waals surface area contributed by atoms with E-state index in [0.717, 1.165) is 17.0 Å². The molecule has 4 nitrogen and oxygen atoms in total. The largest absolute Gasteiger partial charge is 0.496 e. The number of thioether (sulfide) groups is 1. The summed E-state index contributed by atoms with van der Waals surface area (Å²) in [5, 5.41) is 9.51. The van der Waals surface area contributed by atoms with Crippen molar-refractivity contribution < 1.29 is 9.15 Å². The molecule has 0 fully saturated rings. The molecule has 0 unspecified atom stereocenters. The summed E-state index contributed by atoms with van der Waals surface area (Å²) in [7, 11) is 1.62. The Hall–Kier alpha value is -1.93. The molecule has 0 spiro atoms. The molecule has 0 saturated heterocycles. The van der Waals surface area contributed by atoms with E-state index < -0.39 is 0 Å². The standard InChI is InChI=1S/C13H12N2O2S/c1-9-7-17-13(15-9)18-8-11-5-10(6-14)3-4-12(11)16-2/h3-5,7H,8H2,1-2H3. The second-order valence-electron chi connectivity index (χ2n) is 3.68. The first-order valence-corrected chi connectivity index (χ1v) is 6.33. The maximum absolute atomic E-state index is 8.89. The van der Waals surface area contributed by atoms with Gasteiger partial charge in [0.15, 0.2) is 0 Å². The second-order valence-corrected chi connectivity index (χ2v) is 4.61. The molecule has 0 aliphatic rings. The molecule has 1 heterocycles. The van der Waals surface area contributed by atoms with E-state index in [1.807, 2.05) is 13.0 Å². The number of aryl methyl sites for hydroxylation is 1. The van der Waals surface area contributed by atoms with Gasteiger partial charge in [0.2, 0.25) is 0 Å². The van der Waals surface area contributed by atoms with Gasteiger partial charge in [-0.15, -0.1) is 0 Å². The van der Waals surface area contributed by atoms with Gasteiger partial charge in [0, 0.05) is 11.3 Å². The molecule has 0 aliphatic carbocycles. The lowest BCUT2D eigenvalue weighted by molar-refractivity contribution is 0.411. The van der Waals surface area contributed by atoms with Crippen LogP contribution in [0, 0.1) is 18.3 Å². The third-order valence-electron chi connectivity index (χ3n) is 2.36. The molecule has 0 amide bonds. The van der Waals surface area contributed by atoms with E-state index in [2.05, 4.69) is 11.1 Å². The van der Waals surface area contributed by atoms with Gasteiger partial charge in [-0.05, 0) is 25.1 Å². The summed E-state index contributed by atoms with van der Waals surface area (Å²) < 4.78 is 10.5. The second kappa shape index (κ2) is 5.61. The van der Waals surface area contributed by atoms with Crippen molar-refractivity contribution in [3.63, 3.8) is 0 Å². The van der Waals surface area contributed by atoms with E-state index in [1.54, 1.807) is 25.5 Å². The number of nitrogens with zero attached hydrogens (tertiary/aromatic N) is 2. The van der Waals surface area contributed by atoms with Crippen molar-refractivity contribution in [3.8, 4) is 11.8 Å². The Kier molecular flexibility index (Phi) is 3.90. The molecule has 2 rings (SSSR count). The summed E-state index contributed by atoms with van der Waals surface area (Å²) >= 11 is 1.48. The van der Waals surface area contributed by atoms with Crippen molar-refractivity contribution in [2.24, 2.45) is 0 Å². The monoisotopic (exact) mass is 260 g/mol. The Morgan fingerprint density at radius 2 is 2.33 bits per heavy atom. The quantitative estimate of drug-likeness (QED) is 0.790. The first-order valence-electron chi connectivity index (χ1n) is 5.35. The highest BCUT2D eigenvalue weighted by molar-refractivity contribution is 7.98. The molecule has 0 N–H and O–H groups in total. The normalized spacial score (nSPS) is 10.1. The molecule has 0 aliphatic heterocycles. The Bertz CT molecular complexity index is 587. The number of hydrogen-bond donors (Lipinski definition) is 0. The molecule has 1 aromatic carbocycles. The Morgan fingerprint density at radius 1 is 1.50 bits per heavy atom. The van der Waals surface area contributed by atoms with Gasteiger partial charge in [-0.2, -0.15) is 5.26 Å². The van der Waals surface area contributed by atoms with Gasteiger partial charge in [-0.25, -0.2) is 4.98 Å². The van der Waals surface area contributed by atoms with E-state index >= 15 is 0 Å². The molecule has 1 aromatic heterocycles. The fourth-order valence-corrected chi connectivity index (χ4v) is 2.33. The maximum Gasteiger partial charge on any atom is 0.256 e. The minimum Gasteiger partial charge on any atom is -0.496 e. The number of ether oxygens (including phenoxy) is 1. The van der Waals surface area contributed by atoms with Gasteiger partial charge in [-0.3, -0.25) is 0 Å². The van der Waals surface area contributed by atoms with Crippen LogP contribution in [0.15, 0.2) is 34.1 Å². The molecular formula is C13H12N2O2S. The van der Waals surface area contributed by atoms with E-state index in [0.29, 0.717) is 16.5 Å². The van der Waals surface area contributed by atoms with Gasteiger partial charge >= 0.3 is 0 Å². The predicted octanol–water partition coefficient (Wildman–Crippen LogP) is 3.16. The van der Waals surface area contributed by atoms with Crippen molar-refractivity contribution in [3.05, 3.63) is 41.3 Å². The Morgan fingerprint density at radius 3 is 2.94 bits per heavy atom. The van der Waals surface area contributed by atoms with Gasteiger partial charge in [-0.1, -0.05) is 11.8 Å². The highest BCUT2D eigenvalue weighted by Gasteiger charge is 2.08. The van der Waals surface area contributed by atoms with Crippen LogP contribution in [-0.2, 0) is 5.75 Å². The van der Waals surface area contributed by atoms with Gasteiger partial charge in [0.1, 0.15) is 12.0 Å². The summed E-state index contributed by atoms with van der Waals surface area (Å²) in [5.74, 6) is 1.42. The average Bonchev–Trinajstić information content (AvgIpc) is 2.81. The molecule has 0 saturated carbocycles. The first kappa shape index (κ1) is 12.5. The fraction of sp³-hybridized carbons (Fsp3) is 0.231. The molecule has 2 aromatic rings. The SMILES string of the molecule is COc1ccc(C#N)cc1CSc1nc(C)co1. The van der Waals surface area contributed by atoms with Crippen LogP contribution >= 0.6 is 11.8 Å². The van der Waals surface area contributed by atoms with Crippen molar-refractivity contribution in [1.29, 1.82) is 5.26 Å². The van der Waals surface area contributed by atoms with E-state index in [9.17, 15) is 0 Å². The van der Waals surface area contributed by atoms with Crippen LogP contribution in [0.2, 0.25) is 0 Å². The summed E-state index contributed by atoms with van der Waals surface area (Å²) in [4.78, 5) is 4.21. The van der Waals surface area contributed by atoms with Crippen molar-refractivity contribution in [1.82, 2.24) is 4.98 Å². The highest BCUT2D eigenvalue weighted by Crippen LogP contribution is 2.28. The summed E-state index contributed by atoms with van der Waals surface area (Å²) in [5.41, 5.74) is 2.43. The summed E-state index contributed by atoms with van der Waals surface area (Å²) in [6, 6.07) is 7.48. The van der Waals surface area contributed by atoms with Crippen LogP contribution in [0.4, 0.5) is 0 Å².